The number of rotatable bonds is 9. The molecule has 1 N–H and O–H groups in total. The van der Waals surface area contributed by atoms with Gasteiger partial charge in [-0.05, 0) is 30.5 Å². The van der Waals surface area contributed by atoms with Gasteiger partial charge in [-0.15, -0.1) is 0 Å². The fourth-order valence-electron chi connectivity index (χ4n) is 3.99. The van der Waals surface area contributed by atoms with Gasteiger partial charge < -0.3 is 24.3 Å². The summed E-state index contributed by atoms with van der Waals surface area (Å²) in [5.74, 6) is 1.31. The lowest BCUT2D eigenvalue weighted by Crippen LogP contribution is -2.48. The zero-order chi connectivity index (χ0) is 24.8. The second kappa shape index (κ2) is 11.0. The van der Waals surface area contributed by atoms with Gasteiger partial charge in [-0.25, -0.2) is 9.59 Å². The Labute approximate surface area is 200 Å². The van der Waals surface area contributed by atoms with Crippen LogP contribution in [0, 0.1) is 0 Å². The van der Waals surface area contributed by atoms with Crippen LogP contribution in [0.5, 0.6) is 17.2 Å². The molecule has 0 radical (unpaired) electrons. The second-order valence-electron chi connectivity index (χ2n) is 8.09. The molecule has 0 unspecified atom stereocenters. The van der Waals surface area contributed by atoms with E-state index in [0.29, 0.717) is 28.5 Å². The van der Waals surface area contributed by atoms with Crippen molar-refractivity contribution in [1.29, 1.82) is 0 Å². The molecule has 1 aliphatic rings. The van der Waals surface area contributed by atoms with Crippen LogP contribution in [0.15, 0.2) is 53.7 Å². The van der Waals surface area contributed by atoms with Gasteiger partial charge in [-0.3, -0.25) is 4.90 Å². The SMILES string of the molecule is CCOC(=O)C1=C(COc2ccccc2C(C)C)N(C)C(=O)N[C@@H]1c1cccc(OC)c1OC. The highest BCUT2D eigenvalue weighted by atomic mass is 16.5. The first kappa shape index (κ1) is 25.0. The Bertz CT molecular complexity index is 1080. The number of nitrogens with zero attached hydrogens (tertiary/aromatic N) is 1. The lowest BCUT2D eigenvalue weighted by Gasteiger charge is -2.35. The summed E-state index contributed by atoms with van der Waals surface area (Å²) in [6.07, 6.45) is 0. The van der Waals surface area contributed by atoms with Crippen molar-refractivity contribution in [3.8, 4) is 17.2 Å². The van der Waals surface area contributed by atoms with Crippen molar-refractivity contribution in [3.05, 3.63) is 64.9 Å². The summed E-state index contributed by atoms with van der Waals surface area (Å²) in [7, 11) is 4.64. The van der Waals surface area contributed by atoms with E-state index in [0.717, 1.165) is 5.56 Å². The number of nitrogens with one attached hydrogen (secondary N) is 1. The number of carbonyl (C=O) groups is 2. The lowest BCUT2D eigenvalue weighted by molar-refractivity contribution is -0.139. The Morgan fingerprint density at radius 3 is 2.41 bits per heavy atom. The van der Waals surface area contributed by atoms with Crippen LogP contribution in [-0.4, -0.2) is 51.4 Å². The molecule has 2 aromatic carbocycles. The number of carbonyl (C=O) groups excluding carboxylic acids is 2. The topological polar surface area (TPSA) is 86.3 Å². The van der Waals surface area contributed by atoms with E-state index in [1.165, 1.54) is 19.1 Å². The maximum Gasteiger partial charge on any atom is 0.338 e. The van der Waals surface area contributed by atoms with E-state index in [9.17, 15) is 9.59 Å². The maximum absolute atomic E-state index is 13.2. The van der Waals surface area contributed by atoms with E-state index in [1.807, 2.05) is 24.3 Å². The van der Waals surface area contributed by atoms with Crippen LogP contribution in [0.4, 0.5) is 4.79 Å². The summed E-state index contributed by atoms with van der Waals surface area (Å²) in [4.78, 5) is 27.5. The molecule has 0 saturated heterocycles. The van der Waals surface area contributed by atoms with Crippen molar-refractivity contribution in [2.45, 2.75) is 32.7 Å². The molecule has 0 saturated carbocycles. The van der Waals surface area contributed by atoms with Crippen molar-refractivity contribution in [2.24, 2.45) is 0 Å². The van der Waals surface area contributed by atoms with Crippen LogP contribution in [0.3, 0.4) is 0 Å². The summed E-state index contributed by atoms with van der Waals surface area (Å²) in [5.41, 5.74) is 2.30. The predicted molar refractivity (Wildman–Crippen MR) is 128 cm³/mol. The van der Waals surface area contributed by atoms with Gasteiger partial charge in [0.05, 0.1) is 38.1 Å². The fraction of sp³-hybridized carbons (Fsp3) is 0.385. The zero-order valence-electron chi connectivity index (χ0n) is 20.5. The van der Waals surface area contributed by atoms with Crippen LogP contribution in [0.1, 0.15) is 43.9 Å². The zero-order valence-corrected chi connectivity index (χ0v) is 20.5. The number of urea groups is 1. The molecule has 0 fully saturated rings. The quantitative estimate of drug-likeness (QED) is 0.549. The number of hydrogen-bond acceptors (Lipinski definition) is 6. The molecule has 1 heterocycles. The largest absolute Gasteiger partial charge is 0.493 e. The first-order chi connectivity index (χ1) is 16.3. The molecule has 8 heteroatoms. The van der Waals surface area contributed by atoms with E-state index in [2.05, 4.69) is 19.2 Å². The van der Waals surface area contributed by atoms with Crippen molar-refractivity contribution >= 4 is 12.0 Å². The molecule has 1 atom stereocenters. The van der Waals surface area contributed by atoms with Gasteiger partial charge in [-0.1, -0.05) is 44.2 Å². The Hall–Kier alpha value is -3.68. The molecule has 8 nitrogen and oxygen atoms in total. The molecule has 1 aliphatic heterocycles. The number of amides is 2. The molecule has 2 aromatic rings. The van der Waals surface area contributed by atoms with Crippen molar-refractivity contribution in [1.82, 2.24) is 10.2 Å². The van der Waals surface area contributed by atoms with Crippen molar-refractivity contribution in [2.75, 3.05) is 34.5 Å². The number of likely N-dealkylation sites (N-methyl/N-ethyl adjacent to an activating group) is 1. The van der Waals surface area contributed by atoms with Gasteiger partial charge in [0, 0.05) is 12.6 Å². The van der Waals surface area contributed by atoms with E-state index >= 15 is 0 Å². The van der Waals surface area contributed by atoms with Gasteiger partial charge >= 0.3 is 12.0 Å². The monoisotopic (exact) mass is 468 g/mol. The van der Waals surface area contributed by atoms with Crippen molar-refractivity contribution < 1.29 is 28.5 Å². The molecule has 3 rings (SSSR count). The minimum Gasteiger partial charge on any atom is -0.493 e. The Kier molecular flexibility index (Phi) is 8.04. The van der Waals surface area contributed by atoms with E-state index in [4.69, 9.17) is 18.9 Å². The third-order valence-corrected chi connectivity index (χ3v) is 5.72. The highest BCUT2D eigenvalue weighted by Crippen LogP contribution is 2.40. The minimum absolute atomic E-state index is 0.00455. The summed E-state index contributed by atoms with van der Waals surface area (Å²) in [6, 6.07) is 11.8. The van der Waals surface area contributed by atoms with E-state index in [1.54, 1.807) is 32.2 Å². The molecule has 182 valence electrons. The standard InChI is InChI=1S/C26H32N2O6/c1-7-33-25(29)22-19(15-34-20-13-9-8-11-17(20)16(2)3)28(4)26(30)27-23(22)18-12-10-14-21(31-5)24(18)32-6/h8-14,16,23H,7,15H2,1-6H3,(H,27,30)/t23-/m1/s1. The van der Waals surface area contributed by atoms with Crippen LogP contribution in [-0.2, 0) is 9.53 Å². The molecule has 0 aromatic heterocycles. The van der Waals surface area contributed by atoms with Gasteiger partial charge in [0.2, 0.25) is 0 Å². The maximum atomic E-state index is 13.2. The van der Waals surface area contributed by atoms with E-state index < -0.39 is 12.0 Å². The highest BCUT2D eigenvalue weighted by Gasteiger charge is 2.39. The number of benzene rings is 2. The molecule has 34 heavy (non-hydrogen) atoms. The summed E-state index contributed by atoms with van der Waals surface area (Å²) in [6.45, 7) is 6.09. The molecule has 0 spiro atoms. The predicted octanol–water partition coefficient (Wildman–Crippen LogP) is 4.42. The van der Waals surface area contributed by atoms with Crippen LogP contribution in [0.25, 0.3) is 0 Å². The summed E-state index contributed by atoms with van der Waals surface area (Å²) in [5, 5.41) is 2.89. The number of ether oxygens (including phenoxy) is 4. The molecular weight excluding hydrogens is 436 g/mol. The first-order valence-corrected chi connectivity index (χ1v) is 11.2. The van der Waals surface area contributed by atoms with E-state index in [-0.39, 0.29) is 30.7 Å². The van der Waals surface area contributed by atoms with Crippen molar-refractivity contribution in [3.63, 3.8) is 0 Å². The van der Waals surface area contributed by atoms with Crippen LogP contribution >= 0.6 is 0 Å². The van der Waals surface area contributed by atoms with Gasteiger partial charge in [0.15, 0.2) is 11.5 Å². The average molecular weight is 469 g/mol. The lowest BCUT2D eigenvalue weighted by atomic mass is 9.93. The number of hydrogen-bond donors (Lipinski definition) is 1. The summed E-state index contributed by atoms with van der Waals surface area (Å²) >= 11 is 0. The molecular formula is C26H32N2O6. The second-order valence-corrected chi connectivity index (χ2v) is 8.09. The highest BCUT2D eigenvalue weighted by molar-refractivity contribution is 5.95. The number of para-hydroxylation sites is 2. The summed E-state index contributed by atoms with van der Waals surface area (Å²) < 4.78 is 22.5. The van der Waals surface area contributed by atoms with Crippen LogP contribution in [0.2, 0.25) is 0 Å². The normalized spacial score (nSPS) is 15.8. The number of methoxy groups -OCH3 is 2. The average Bonchev–Trinajstić information content (AvgIpc) is 2.84. The van der Waals surface area contributed by atoms with Gasteiger partial charge in [0.1, 0.15) is 12.4 Å². The first-order valence-electron chi connectivity index (χ1n) is 11.2. The van der Waals surface area contributed by atoms with Gasteiger partial charge in [0.25, 0.3) is 0 Å². The Morgan fingerprint density at radius 2 is 1.76 bits per heavy atom. The molecule has 0 aliphatic carbocycles. The number of esters is 1. The fourth-order valence-corrected chi connectivity index (χ4v) is 3.99. The smallest absolute Gasteiger partial charge is 0.338 e. The third kappa shape index (κ3) is 4.95. The van der Waals surface area contributed by atoms with Crippen LogP contribution < -0.4 is 19.5 Å². The Balaban J connectivity index is 2.13. The minimum atomic E-state index is -0.813. The Morgan fingerprint density at radius 1 is 1.06 bits per heavy atom. The molecule has 0 bridgehead atoms. The van der Waals surface area contributed by atoms with Gasteiger partial charge in [-0.2, -0.15) is 0 Å². The molecule has 2 amide bonds. The third-order valence-electron chi connectivity index (χ3n) is 5.72.